The zero-order valence-corrected chi connectivity index (χ0v) is 12.8. The topological polar surface area (TPSA) is 102 Å². The van der Waals surface area contributed by atoms with E-state index in [1.54, 1.807) is 13.1 Å². The van der Waals surface area contributed by atoms with Gasteiger partial charge in [0, 0.05) is 20.1 Å². The molecule has 1 aromatic carbocycles. The molecule has 7 nitrogen and oxygen atoms in total. The van der Waals surface area contributed by atoms with Crippen molar-refractivity contribution in [3.8, 4) is 5.75 Å². The summed E-state index contributed by atoms with van der Waals surface area (Å²) in [6.07, 6.45) is 0.0288. The number of rotatable bonds is 5. The Balaban J connectivity index is 2.38. The summed E-state index contributed by atoms with van der Waals surface area (Å²) in [7, 11) is -2.03. The molecule has 8 heteroatoms. The van der Waals surface area contributed by atoms with Crippen LogP contribution in [-0.2, 0) is 14.8 Å². The molecule has 0 fully saturated rings. The molecule has 21 heavy (non-hydrogen) atoms. The monoisotopic (exact) mass is 313 g/mol. The van der Waals surface area contributed by atoms with Crippen LogP contribution in [0.25, 0.3) is 0 Å². The van der Waals surface area contributed by atoms with Gasteiger partial charge >= 0.3 is 0 Å². The van der Waals surface area contributed by atoms with E-state index in [4.69, 9.17) is 10.5 Å². The predicted octanol–water partition coefficient (Wildman–Crippen LogP) is 0.0574. The van der Waals surface area contributed by atoms with Gasteiger partial charge in [0.25, 0.3) is 5.91 Å². The van der Waals surface area contributed by atoms with Crippen molar-refractivity contribution in [3.63, 3.8) is 0 Å². The van der Waals surface area contributed by atoms with Crippen LogP contribution in [-0.4, -0.2) is 40.6 Å². The van der Waals surface area contributed by atoms with Gasteiger partial charge in [0.1, 0.15) is 5.75 Å². The zero-order valence-electron chi connectivity index (χ0n) is 12.0. The highest BCUT2D eigenvalue weighted by Gasteiger charge is 2.31. The number of sulfonamides is 1. The highest BCUT2D eigenvalue weighted by Crippen LogP contribution is 2.35. The lowest BCUT2D eigenvalue weighted by atomic mass is 10.1. The second-order valence-electron chi connectivity index (χ2n) is 4.73. The fraction of sp³-hybridized carbons (Fsp3) is 0.462. The number of carbonyl (C=O) groups excluding carboxylic acids is 1. The summed E-state index contributed by atoms with van der Waals surface area (Å²) >= 11 is 0. The Hall–Kier alpha value is -1.64. The summed E-state index contributed by atoms with van der Waals surface area (Å²) in [4.78, 5) is 13.6. The molecule has 1 aromatic rings. The number of carbonyl (C=O) groups is 1. The van der Waals surface area contributed by atoms with Gasteiger partial charge in [-0.1, -0.05) is 6.92 Å². The molecule has 0 saturated heterocycles. The molecule has 0 spiro atoms. The second-order valence-corrected chi connectivity index (χ2v) is 6.49. The largest absolute Gasteiger partial charge is 0.478 e. The Labute approximate surface area is 124 Å². The number of nitrogens with one attached hydrogen (secondary N) is 1. The average Bonchev–Trinajstić information content (AvgIpc) is 2.48. The standard InChI is InChI=1S/C13H19N3O4S/c1-3-11-13(17)16(2)10-8-9(4-5-12(10)20-11)21(18,19)15-7-6-14/h4-5,8,11,15H,3,6-7,14H2,1-2H3. The van der Waals surface area contributed by atoms with Crippen LogP contribution in [0, 0.1) is 0 Å². The molecular formula is C13H19N3O4S. The summed E-state index contributed by atoms with van der Waals surface area (Å²) in [5.74, 6) is 0.316. The number of amides is 1. The summed E-state index contributed by atoms with van der Waals surface area (Å²) < 4.78 is 32.1. The minimum Gasteiger partial charge on any atom is -0.478 e. The Bertz CT molecular complexity index is 645. The normalized spacial score (nSPS) is 18.3. The van der Waals surface area contributed by atoms with Crippen molar-refractivity contribution >= 4 is 21.6 Å². The van der Waals surface area contributed by atoms with Crippen molar-refractivity contribution in [2.75, 3.05) is 25.0 Å². The van der Waals surface area contributed by atoms with Gasteiger partial charge in [-0.05, 0) is 24.6 Å². The Morgan fingerprint density at radius 1 is 1.43 bits per heavy atom. The second kappa shape index (κ2) is 6.00. The van der Waals surface area contributed by atoms with Gasteiger partial charge in [-0.2, -0.15) is 0 Å². The average molecular weight is 313 g/mol. The highest BCUT2D eigenvalue weighted by molar-refractivity contribution is 7.89. The predicted molar refractivity (Wildman–Crippen MR) is 78.8 cm³/mol. The lowest BCUT2D eigenvalue weighted by molar-refractivity contribution is -0.126. The fourth-order valence-electron chi connectivity index (χ4n) is 2.10. The first-order chi connectivity index (χ1) is 9.90. The Morgan fingerprint density at radius 2 is 2.14 bits per heavy atom. The summed E-state index contributed by atoms with van der Waals surface area (Å²) in [6, 6.07) is 4.45. The number of anilines is 1. The smallest absolute Gasteiger partial charge is 0.267 e. The SMILES string of the molecule is CCC1Oc2ccc(S(=O)(=O)NCCN)cc2N(C)C1=O. The first-order valence-electron chi connectivity index (χ1n) is 6.68. The van der Waals surface area contributed by atoms with Crippen LogP contribution < -0.4 is 20.1 Å². The van der Waals surface area contributed by atoms with Crippen molar-refractivity contribution in [3.05, 3.63) is 18.2 Å². The van der Waals surface area contributed by atoms with Crippen molar-refractivity contribution in [1.29, 1.82) is 0 Å². The molecule has 0 aromatic heterocycles. The molecule has 1 unspecified atom stereocenters. The molecule has 2 rings (SSSR count). The third-order valence-electron chi connectivity index (χ3n) is 3.28. The molecule has 0 aliphatic carbocycles. The maximum atomic E-state index is 12.1. The number of fused-ring (bicyclic) bond motifs is 1. The van der Waals surface area contributed by atoms with Crippen LogP contribution in [0.1, 0.15) is 13.3 Å². The van der Waals surface area contributed by atoms with Crippen LogP contribution in [0.4, 0.5) is 5.69 Å². The van der Waals surface area contributed by atoms with Crippen molar-refractivity contribution < 1.29 is 17.9 Å². The first kappa shape index (κ1) is 15.7. The molecule has 1 aliphatic heterocycles. The van der Waals surface area contributed by atoms with Gasteiger partial charge in [0.2, 0.25) is 10.0 Å². The number of benzene rings is 1. The maximum absolute atomic E-state index is 12.1. The van der Waals surface area contributed by atoms with Gasteiger partial charge in [-0.3, -0.25) is 4.79 Å². The van der Waals surface area contributed by atoms with E-state index < -0.39 is 16.1 Å². The molecule has 116 valence electrons. The van der Waals surface area contributed by atoms with E-state index in [0.29, 0.717) is 17.9 Å². The van der Waals surface area contributed by atoms with E-state index in [2.05, 4.69) is 4.72 Å². The summed E-state index contributed by atoms with van der Waals surface area (Å²) in [5, 5.41) is 0. The van der Waals surface area contributed by atoms with Crippen LogP contribution in [0.3, 0.4) is 0 Å². The molecule has 1 aliphatic rings. The molecule has 0 radical (unpaired) electrons. The number of nitrogens with zero attached hydrogens (tertiary/aromatic N) is 1. The number of ether oxygens (including phenoxy) is 1. The van der Waals surface area contributed by atoms with Gasteiger partial charge in [-0.25, -0.2) is 13.1 Å². The Kier molecular flexibility index (Phi) is 4.50. The van der Waals surface area contributed by atoms with E-state index in [9.17, 15) is 13.2 Å². The molecule has 0 bridgehead atoms. The number of hydrogen-bond donors (Lipinski definition) is 2. The van der Waals surface area contributed by atoms with E-state index in [1.807, 2.05) is 6.92 Å². The summed E-state index contributed by atoms with van der Waals surface area (Å²) in [5.41, 5.74) is 5.74. The molecular weight excluding hydrogens is 294 g/mol. The quantitative estimate of drug-likeness (QED) is 0.800. The minimum absolute atomic E-state index is 0.0768. The number of likely N-dealkylation sites (N-methyl/N-ethyl adjacent to an activating group) is 1. The van der Waals surface area contributed by atoms with Crippen LogP contribution >= 0.6 is 0 Å². The van der Waals surface area contributed by atoms with E-state index in [0.717, 1.165) is 0 Å². The fourth-order valence-corrected chi connectivity index (χ4v) is 3.17. The lowest BCUT2D eigenvalue weighted by Gasteiger charge is -2.31. The Morgan fingerprint density at radius 3 is 2.76 bits per heavy atom. The third-order valence-corrected chi connectivity index (χ3v) is 4.74. The van der Waals surface area contributed by atoms with Crippen molar-refractivity contribution in [2.45, 2.75) is 24.3 Å². The van der Waals surface area contributed by atoms with Gasteiger partial charge in [0.15, 0.2) is 6.10 Å². The van der Waals surface area contributed by atoms with E-state index in [-0.39, 0.29) is 23.9 Å². The maximum Gasteiger partial charge on any atom is 0.267 e. The lowest BCUT2D eigenvalue weighted by Crippen LogP contribution is -2.43. The first-order valence-corrected chi connectivity index (χ1v) is 8.17. The molecule has 3 N–H and O–H groups in total. The van der Waals surface area contributed by atoms with Crippen LogP contribution in [0.5, 0.6) is 5.75 Å². The summed E-state index contributed by atoms with van der Waals surface area (Å²) in [6.45, 7) is 2.23. The molecule has 0 saturated carbocycles. The van der Waals surface area contributed by atoms with Crippen LogP contribution in [0.2, 0.25) is 0 Å². The number of nitrogens with two attached hydrogens (primary N) is 1. The van der Waals surface area contributed by atoms with Crippen molar-refractivity contribution in [1.82, 2.24) is 4.72 Å². The van der Waals surface area contributed by atoms with E-state index in [1.165, 1.54) is 17.0 Å². The third kappa shape index (κ3) is 3.02. The molecule has 1 atom stereocenters. The molecule has 1 amide bonds. The van der Waals surface area contributed by atoms with Gasteiger partial charge in [0.05, 0.1) is 10.6 Å². The zero-order chi connectivity index (χ0) is 15.6. The highest BCUT2D eigenvalue weighted by atomic mass is 32.2. The van der Waals surface area contributed by atoms with Gasteiger partial charge in [-0.15, -0.1) is 0 Å². The minimum atomic E-state index is -3.64. The molecule has 1 heterocycles. The van der Waals surface area contributed by atoms with E-state index >= 15 is 0 Å². The number of hydrogen-bond acceptors (Lipinski definition) is 5. The van der Waals surface area contributed by atoms with Gasteiger partial charge < -0.3 is 15.4 Å². The van der Waals surface area contributed by atoms with Crippen LogP contribution in [0.15, 0.2) is 23.1 Å². The van der Waals surface area contributed by atoms with Crippen molar-refractivity contribution in [2.24, 2.45) is 5.73 Å².